The fraction of sp³-hybridized carbons (Fsp3) is 0.111. The van der Waals surface area contributed by atoms with E-state index in [9.17, 15) is 0 Å². The molecule has 0 radical (unpaired) electrons. The number of thiophene rings is 1. The molecule has 2 nitrogen and oxygen atoms in total. The van der Waals surface area contributed by atoms with Gasteiger partial charge in [-0.3, -0.25) is 4.98 Å². The highest BCUT2D eigenvalue weighted by Gasteiger charge is 1.99. The Balaban J connectivity index is 2.52. The second-order valence-corrected chi connectivity index (χ2v) is 4.31. The molecule has 0 saturated carbocycles. The van der Waals surface area contributed by atoms with Gasteiger partial charge in [0.05, 0.1) is 18.1 Å². The molecule has 66 valence electrons. The molecule has 0 amide bonds. The zero-order valence-corrected chi connectivity index (χ0v) is 8.71. The van der Waals surface area contributed by atoms with Crippen molar-refractivity contribution in [3.05, 3.63) is 33.4 Å². The number of nitrogens with one attached hydrogen (secondary N) is 1. The van der Waals surface area contributed by atoms with Gasteiger partial charge in [-0.2, -0.15) is 0 Å². The zero-order chi connectivity index (χ0) is 9.26. The lowest BCUT2D eigenvalue weighted by molar-refractivity contribution is 1.19. The number of aryl methyl sites for hydroxylation is 1. The normalized spacial score (nSPS) is 10.2. The molecular weight excluding hydrogens is 200 g/mol. The van der Waals surface area contributed by atoms with Gasteiger partial charge < -0.3 is 4.98 Å². The average Bonchev–Trinajstić information content (AvgIpc) is 2.52. The second-order valence-electron chi connectivity index (χ2n) is 2.76. The van der Waals surface area contributed by atoms with Gasteiger partial charge in [-0.05, 0) is 13.0 Å². The first-order chi connectivity index (χ1) is 6.25. The second kappa shape index (κ2) is 3.40. The van der Waals surface area contributed by atoms with Crippen LogP contribution in [-0.4, -0.2) is 9.97 Å². The van der Waals surface area contributed by atoms with Gasteiger partial charge in [-0.15, -0.1) is 11.3 Å². The summed E-state index contributed by atoms with van der Waals surface area (Å²) in [5, 5.41) is 2.09. The van der Waals surface area contributed by atoms with Crippen molar-refractivity contribution in [2.45, 2.75) is 6.92 Å². The van der Waals surface area contributed by atoms with Gasteiger partial charge >= 0.3 is 0 Å². The van der Waals surface area contributed by atoms with E-state index in [1.165, 1.54) is 4.88 Å². The Hall–Kier alpha value is -1.00. The lowest BCUT2D eigenvalue weighted by atomic mass is 10.2. The number of nitrogens with zero attached hydrogens (tertiary/aromatic N) is 1. The Labute approximate surface area is 85.3 Å². The Morgan fingerprint density at radius 3 is 2.92 bits per heavy atom. The van der Waals surface area contributed by atoms with Gasteiger partial charge in [0.15, 0.2) is 0 Å². The van der Waals surface area contributed by atoms with Crippen LogP contribution in [0.2, 0.25) is 0 Å². The molecular formula is C9H8N2S2. The van der Waals surface area contributed by atoms with Crippen LogP contribution in [0.1, 0.15) is 4.88 Å². The van der Waals surface area contributed by atoms with Crippen molar-refractivity contribution in [3.8, 4) is 11.3 Å². The smallest absolute Gasteiger partial charge is 0.122 e. The first-order valence-electron chi connectivity index (χ1n) is 3.85. The van der Waals surface area contributed by atoms with Gasteiger partial charge in [0.1, 0.15) is 4.64 Å². The fourth-order valence-corrected chi connectivity index (χ4v) is 1.98. The van der Waals surface area contributed by atoms with Gasteiger partial charge in [0.25, 0.3) is 0 Å². The molecule has 0 aliphatic carbocycles. The van der Waals surface area contributed by atoms with Crippen LogP contribution >= 0.6 is 23.6 Å². The molecule has 13 heavy (non-hydrogen) atoms. The van der Waals surface area contributed by atoms with Crippen LogP contribution in [0.5, 0.6) is 0 Å². The number of aromatic nitrogens is 2. The maximum Gasteiger partial charge on any atom is 0.122 e. The molecule has 0 unspecified atom stereocenters. The van der Waals surface area contributed by atoms with Crippen molar-refractivity contribution < 1.29 is 0 Å². The summed E-state index contributed by atoms with van der Waals surface area (Å²) in [6.07, 6.45) is 3.43. The Bertz CT molecular complexity index is 470. The zero-order valence-electron chi connectivity index (χ0n) is 7.07. The Kier molecular flexibility index (Phi) is 2.24. The molecule has 2 heterocycles. The van der Waals surface area contributed by atoms with Gasteiger partial charge in [0.2, 0.25) is 0 Å². The van der Waals surface area contributed by atoms with Crippen molar-refractivity contribution in [1.29, 1.82) is 0 Å². The van der Waals surface area contributed by atoms with Crippen molar-refractivity contribution in [3.63, 3.8) is 0 Å². The highest BCUT2D eigenvalue weighted by atomic mass is 32.1. The molecule has 2 aromatic rings. The predicted octanol–water partition coefficient (Wildman–Crippen LogP) is 3.18. The van der Waals surface area contributed by atoms with E-state index in [-0.39, 0.29) is 0 Å². The summed E-state index contributed by atoms with van der Waals surface area (Å²) in [5.74, 6) is 0. The van der Waals surface area contributed by atoms with E-state index < -0.39 is 0 Å². The molecule has 4 heteroatoms. The Morgan fingerprint density at radius 1 is 1.46 bits per heavy atom. The van der Waals surface area contributed by atoms with Crippen molar-refractivity contribution in [2.24, 2.45) is 0 Å². The van der Waals surface area contributed by atoms with E-state index in [2.05, 4.69) is 28.3 Å². The summed E-state index contributed by atoms with van der Waals surface area (Å²) in [6.45, 7) is 2.08. The molecule has 0 spiro atoms. The van der Waals surface area contributed by atoms with Crippen molar-refractivity contribution in [2.75, 3.05) is 0 Å². The van der Waals surface area contributed by atoms with E-state index in [4.69, 9.17) is 12.2 Å². The van der Waals surface area contributed by atoms with Crippen LogP contribution in [0.3, 0.4) is 0 Å². The average molecular weight is 208 g/mol. The molecule has 0 fully saturated rings. The maximum absolute atomic E-state index is 4.99. The first kappa shape index (κ1) is 8.59. The summed E-state index contributed by atoms with van der Waals surface area (Å²) < 4.78 is 0.668. The van der Waals surface area contributed by atoms with Gasteiger partial charge in [-0.25, -0.2) is 0 Å². The summed E-state index contributed by atoms with van der Waals surface area (Å²) in [6, 6.07) is 2.12. The minimum Gasteiger partial charge on any atom is -0.344 e. The summed E-state index contributed by atoms with van der Waals surface area (Å²) in [4.78, 5) is 8.42. The largest absolute Gasteiger partial charge is 0.344 e. The van der Waals surface area contributed by atoms with Crippen LogP contribution in [-0.2, 0) is 0 Å². The molecule has 0 aromatic carbocycles. The van der Waals surface area contributed by atoms with E-state index in [0.29, 0.717) is 4.64 Å². The SMILES string of the molecule is Cc1cc(-c2cncc(=S)[nH]2)cs1. The van der Waals surface area contributed by atoms with Crippen LogP contribution in [0.4, 0.5) is 0 Å². The highest BCUT2D eigenvalue weighted by molar-refractivity contribution is 7.71. The third-order valence-electron chi connectivity index (χ3n) is 1.69. The van der Waals surface area contributed by atoms with Crippen LogP contribution < -0.4 is 0 Å². The minimum absolute atomic E-state index is 0.668. The molecule has 0 saturated heterocycles. The van der Waals surface area contributed by atoms with Crippen molar-refractivity contribution in [1.82, 2.24) is 9.97 Å². The molecule has 1 N–H and O–H groups in total. The number of H-pyrrole nitrogens is 1. The quantitative estimate of drug-likeness (QED) is 0.729. The lowest BCUT2D eigenvalue weighted by Gasteiger charge is -1.95. The molecule has 0 aliphatic heterocycles. The van der Waals surface area contributed by atoms with E-state index in [1.807, 2.05) is 0 Å². The minimum atomic E-state index is 0.668. The highest BCUT2D eigenvalue weighted by Crippen LogP contribution is 2.22. The van der Waals surface area contributed by atoms with Crippen molar-refractivity contribution >= 4 is 23.6 Å². The molecule has 2 aromatic heterocycles. The van der Waals surface area contributed by atoms with Crippen LogP contribution in [0, 0.1) is 11.6 Å². The van der Waals surface area contributed by atoms with E-state index >= 15 is 0 Å². The fourth-order valence-electron chi connectivity index (χ4n) is 1.11. The summed E-state index contributed by atoms with van der Waals surface area (Å²) in [7, 11) is 0. The van der Waals surface area contributed by atoms with E-state index in [0.717, 1.165) is 11.3 Å². The van der Waals surface area contributed by atoms with Gasteiger partial charge in [-0.1, -0.05) is 12.2 Å². The third kappa shape index (κ3) is 1.84. The Morgan fingerprint density at radius 2 is 2.31 bits per heavy atom. The number of hydrogen-bond acceptors (Lipinski definition) is 3. The predicted molar refractivity (Wildman–Crippen MR) is 57.5 cm³/mol. The summed E-state index contributed by atoms with van der Waals surface area (Å²) in [5.41, 5.74) is 2.14. The molecule has 2 rings (SSSR count). The first-order valence-corrected chi connectivity index (χ1v) is 5.14. The van der Waals surface area contributed by atoms with Crippen LogP contribution in [0.25, 0.3) is 11.3 Å². The standard InChI is InChI=1S/C9H8N2S2/c1-6-2-7(5-13-6)8-3-10-4-9(12)11-8/h2-5H,1H3,(H,11,12). The maximum atomic E-state index is 4.99. The molecule has 0 atom stereocenters. The summed E-state index contributed by atoms with van der Waals surface area (Å²) >= 11 is 6.71. The van der Waals surface area contributed by atoms with Gasteiger partial charge in [0, 0.05) is 15.8 Å². The number of aromatic amines is 1. The topological polar surface area (TPSA) is 28.7 Å². The third-order valence-corrected chi connectivity index (χ3v) is 2.76. The molecule has 0 bridgehead atoms. The monoisotopic (exact) mass is 208 g/mol. The van der Waals surface area contributed by atoms with Crippen LogP contribution in [0.15, 0.2) is 23.8 Å². The van der Waals surface area contributed by atoms with E-state index in [1.54, 1.807) is 23.7 Å². The number of hydrogen-bond donors (Lipinski definition) is 1. The lowest BCUT2D eigenvalue weighted by Crippen LogP contribution is -1.83. The molecule has 0 aliphatic rings. The number of rotatable bonds is 1.